The number of rotatable bonds is 6. The zero-order chi connectivity index (χ0) is 13.4. The monoisotopic (exact) mass is 252 g/mol. The Morgan fingerprint density at radius 3 is 2.50 bits per heavy atom. The van der Waals surface area contributed by atoms with E-state index in [1.807, 2.05) is 30.3 Å². The lowest BCUT2D eigenvalue weighted by molar-refractivity contribution is -0.128. The molecule has 0 heterocycles. The Bertz CT molecular complexity index is 395. The van der Waals surface area contributed by atoms with Crippen LogP contribution in [-0.2, 0) is 16.0 Å². The van der Waals surface area contributed by atoms with Gasteiger partial charge < -0.3 is 10.6 Å². The Kier molecular flexibility index (Phi) is 5.84. The first-order valence-corrected chi connectivity index (χ1v) is 5.78. The van der Waals surface area contributed by atoms with E-state index in [0.29, 0.717) is 6.42 Å². The second-order valence-electron chi connectivity index (χ2n) is 3.92. The summed E-state index contributed by atoms with van der Waals surface area (Å²) in [6, 6.07) is 8.67. The van der Waals surface area contributed by atoms with E-state index in [2.05, 4.69) is 10.6 Å². The first-order chi connectivity index (χ1) is 8.63. The molecule has 0 bridgehead atoms. The summed E-state index contributed by atoms with van der Waals surface area (Å²) in [7, 11) is 0. The van der Waals surface area contributed by atoms with Crippen molar-refractivity contribution in [2.24, 2.45) is 0 Å². The van der Waals surface area contributed by atoms with Gasteiger partial charge in [0.05, 0.1) is 0 Å². The second-order valence-corrected chi connectivity index (χ2v) is 3.92. The molecule has 98 valence electrons. The molecule has 0 fully saturated rings. The third kappa shape index (κ3) is 4.95. The molecule has 2 N–H and O–H groups in total. The van der Waals surface area contributed by atoms with Gasteiger partial charge in [0.2, 0.25) is 11.8 Å². The molecule has 1 rings (SSSR count). The Morgan fingerprint density at radius 1 is 1.28 bits per heavy atom. The maximum atomic E-state index is 12.0. The number of nitrogens with one attached hydrogen (secondary N) is 2. The number of amides is 2. The van der Waals surface area contributed by atoms with Crippen LogP contribution in [0.5, 0.6) is 0 Å². The molecule has 0 aromatic heterocycles. The van der Waals surface area contributed by atoms with Crippen molar-refractivity contribution in [2.45, 2.75) is 19.4 Å². The summed E-state index contributed by atoms with van der Waals surface area (Å²) in [5, 5.41) is 4.99. The third-order valence-corrected chi connectivity index (χ3v) is 2.37. The normalized spacial score (nSPS) is 11.7. The van der Waals surface area contributed by atoms with Crippen LogP contribution >= 0.6 is 0 Å². The van der Waals surface area contributed by atoms with Crippen molar-refractivity contribution in [2.75, 3.05) is 13.2 Å². The van der Waals surface area contributed by atoms with Crippen LogP contribution in [0.4, 0.5) is 4.39 Å². The van der Waals surface area contributed by atoms with Crippen molar-refractivity contribution in [1.29, 1.82) is 0 Å². The molecule has 4 nitrogen and oxygen atoms in total. The van der Waals surface area contributed by atoms with Gasteiger partial charge in [-0.3, -0.25) is 9.59 Å². The van der Waals surface area contributed by atoms with Gasteiger partial charge >= 0.3 is 0 Å². The number of hydrogen-bond acceptors (Lipinski definition) is 2. The second kappa shape index (κ2) is 7.42. The van der Waals surface area contributed by atoms with Gasteiger partial charge in [0, 0.05) is 19.9 Å². The Labute approximate surface area is 106 Å². The number of alkyl halides is 1. The highest BCUT2D eigenvalue weighted by molar-refractivity contribution is 5.87. The largest absolute Gasteiger partial charge is 0.352 e. The predicted octanol–water partition coefficient (Wildman–Crippen LogP) is 0.819. The van der Waals surface area contributed by atoms with Crippen molar-refractivity contribution in [1.82, 2.24) is 10.6 Å². The minimum absolute atomic E-state index is 0.0380. The molecule has 5 heteroatoms. The molecule has 0 aliphatic heterocycles. The Morgan fingerprint density at radius 2 is 1.94 bits per heavy atom. The fourth-order valence-electron chi connectivity index (χ4n) is 1.60. The van der Waals surface area contributed by atoms with Gasteiger partial charge in [-0.05, 0) is 5.56 Å². The standard InChI is InChI=1S/C13H17FN2O2/c1-10(17)16-12(13(18)15-8-7-14)9-11-5-3-2-4-6-11/h2-6,12H,7-9H2,1H3,(H,15,18)(H,16,17). The van der Waals surface area contributed by atoms with Crippen LogP contribution in [0.2, 0.25) is 0 Å². The van der Waals surface area contributed by atoms with E-state index in [0.717, 1.165) is 5.56 Å². The number of carbonyl (C=O) groups is 2. The van der Waals surface area contributed by atoms with E-state index in [-0.39, 0.29) is 18.4 Å². The minimum Gasteiger partial charge on any atom is -0.352 e. The molecule has 2 amide bonds. The fraction of sp³-hybridized carbons (Fsp3) is 0.385. The highest BCUT2D eigenvalue weighted by atomic mass is 19.1. The maximum Gasteiger partial charge on any atom is 0.243 e. The molecular formula is C13H17FN2O2. The number of benzene rings is 1. The van der Waals surface area contributed by atoms with Crippen LogP contribution < -0.4 is 10.6 Å². The van der Waals surface area contributed by atoms with Gasteiger partial charge in [0.1, 0.15) is 12.7 Å². The van der Waals surface area contributed by atoms with Crippen LogP contribution in [0.3, 0.4) is 0 Å². The smallest absolute Gasteiger partial charge is 0.243 e. The van der Waals surface area contributed by atoms with Gasteiger partial charge in [0.25, 0.3) is 0 Å². The molecule has 18 heavy (non-hydrogen) atoms. The summed E-state index contributed by atoms with van der Waals surface area (Å²) in [5.41, 5.74) is 0.937. The maximum absolute atomic E-state index is 12.0. The van der Waals surface area contributed by atoms with Crippen LogP contribution in [-0.4, -0.2) is 31.1 Å². The molecule has 0 saturated carbocycles. The van der Waals surface area contributed by atoms with E-state index in [4.69, 9.17) is 0 Å². The molecule has 0 aliphatic rings. The van der Waals surface area contributed by atoms with Crippen molar-refractivity contribution >= 4 is 11.8 Å². The SMILES string of the molecule is CC(=O)NC(Cc1ccccc1)C(=O)NCCF. The first-order valence-electron chi connectivity index (χ1n) is 5.78. The average molecular weight is 252 g/mol. The van der Waals surface area contributed by atoms with Crippen molar-refractivity contribution in [3.8, 4) is 0 Å². The number of hydrogen-bond donors (Lipinski definition) is 2. The van der Waals surface area contributed by atoms with Crippen LogP contribution in [0, 0.1) is 0 Å². The molecule has 0 spiro atoms. The quantitative estimate of drug-likeness (QED) is 0.787. The summed E-state index contributed by atoms with van der Waals surface area (Å²) < 4.78 is 12.0. The molecule has 1 unspecified atom stereocenters. The summed E-state index contributed by atoms with van der Waals surface area (Å²) in [6.07, 6.45) is 0.387. The van der Waals surface area contributed by atoms with E-state index in [1.165, 1.54) is 6.92 Å². The van der Waals surface area contributed by atoms with E-state index in [9.17, 15) is 14.0 Å². The molecule has 1 aromatic rings. The van der Waals surface area contributed by atoms with Crippen molar-refractivity contribution in [3.63, 3.8) is 0 Å². The average Bonchev–Trinajstić information content (AvgIpc) is 2.36. The summed E-state index contributed by atoms with van der Waals surface area (Å²) in [5.74, 6) is -0.655. The van der Waals surface area contributed by atoms with Gasteiger partial charge in [0.15, 0.2) is 0 Å². The highest BCUT2D eigenvalue weighted by Crippen LogP contribution is 2.03. The van der Waals surface area contributed by atoms with Crippen LogP contribution in [0.25, 0.3) is 0 Å². The lowest BCUT2D eigenvalue weighted by atomic mass is 10.1. The first kappa shape index (κ1) is 14.2. The van der Waals surface area contributed by atoms with E-state index in [1.54, 1.807) is 0 Å². The zero-order valence-corrected chi connectivity index (χ0v) is 10.3. The van der Waals surface area contributed by atoms with Crippen molar-refractivity contribution in [3.05, 3.63) is 35.9 Å². The zero-order valence-electron chi connectivity index (χ0n) is 10.3. The minimum atomic E-state index is -0.670. The van der Waals surface area contributed by atoms with E-state index >= 15 is 0 Å². The lowest BCUT2D eigenvalue weighted by Crippen LogP contribution is -2.47. The predicted molar refractivity (Wildman–Crippen MR) is 66.7 cm³/mol. The summed E-state index contributed by atoms with van der Waals surface area (Å²) in [4.78, 5) is 22.8. The molecular weight excluding hydrogens is 235 g/mol. The molecule has 0 saturated heterocycles. The Hall–Kier alpha value is -1.91. The molecule has 0 radical (unpaired) electrons. The topological polar surface area (TPSA) is 58.2 Å². The molecule has 0 aliphatic carbocycles. The summed E-state index contributed by atoms with van der Waals surface area (Å²) >= 11 is 0. The van der Waals surface area contributed by atoms with Gasteiger partial charge in [-0.1, -0.05) is 30.3 Å². The van der Waals surface area contributed by atoms with Gasteiger partial charge in [-0.25, -0.2) is 4.39 Å². The van der Waals surface area contributed by atoms with Gasteiger partial charge in [-0.15, -0.1) is 0 Å². The fourth-order valence-corrected chi connectivity index (χ4v) is 1.60. The summed E-state index contributed by atoms with van der Waals surface area (Å²) in [6.45, 7) is 0.688. The Balaban J connectivity index is 2.66. The molecule has 1 atom stereocenters. The van der Waals surface area contributed by atoms with Crippen molar-refractivity contribution < 1.29 is 14.0 Å². The van der Waals surface area contributed by atoms with Crippen LogP contribution in [0.15, 0.2) is 30.3 Å². The van der Waals surface area contributed by atoms with Crippen LogP contribution in [0.1, 0.15) is 12.5 Å². The number of halogens is 1. The molecule has 1 aromatic carbocycles. The lowest BCUT2D eigenvalue weighted by Gasteiger charge is -2.17. The third-order valence-electron chi connectivity index (χ3n) is 2.37. The van der Waals surface area contributed by atoms with Gasteiger partial charge in [-0.2, -0.15) is 0 Å². The highest BCUT2D eigenvalue weighted by Gasteiger charge is 2.19. The number of carbonyl (C=O) groups excluding carboxylic acids is 2. The van der Waals surface area contributed by atoms with E-state index < -0.39 is 12.7 Å².